The van der Waals surface area contributed by atoms with E-state index in [1.807, 2.05) is 237 Å². The molecule has 0 atom stereocenters. The number of halogens is 5. The summed E-state index contributed by atoms with van der Waals surface area (Å²) in [6.45, 7) is 0. The Morgan fingerprint density at radius 1 is 0.179 bits per heavy atom. The molecule has 3 aliphatic carbocycles. The Balaban J connectivity index is 0.000000112. The molecule has 0 unspecified atom stereocenters. The molecule has 0 fully saturated rings. The van der Waals surface area contributed by atoms with Gasteiger partial charge >= 0.3 is 14.2 Å². The van der Waals surface area contributed by atoms with Crippen LogP contribution >= 0.6 is 62.3 Å². The second-order valence-corrected chi connectivity index (χ2v) is 35.1. The van der Waals surface area contributed by atoms with Crippen molar-refractivity contribution in [2.24, 2.45) is 0 Å². The third-order valence-corrected chi connectivity index (χ3v) is 24.5. The normalized spacial score (nSPS) is 10.9. The maximum atomic E-state index is 8.63. The molecule has 3 aromatic heterocycles. The highest BCUT2D eigenvalue weighted by Gasteiger charge is 2.23. The van der Waals surface area contributed by atoms with Crippen LogP contribution in [0.4, 0.5) is 0 Å². The average Bonchev–Trinajstić information content (AvgIpc) is 1.56. The highest BCUT2D eigenvalue weighted by atomic mass is 79.9. The summed E-state index contributed by atoms with van der Waals surface area (Å²) in [5.41, 5.74) is 30.7. The minimum absolute atomic E-state index is 0.202. The monoisotopic (exact) mass is 1960 g/mol. The fourth-order valence-electron chi connectivity index (χ4n) is 16.1. The van der Waals surface area contributed by atoms with E-state index in [9.17, 15) is 0 Å². The van der Waals surface area contributed by atoms with E-state index in [0.717, 1.165) is 68.2 Å². The predicted octanol–water partition coefficient (Wildman–Crippen LogP) is 28.2. The van der Waals surface area contributed by atoms with Crippen LogP contribution in [0.25, 0.3) is 147 Å². The fraction of sp³-hybridized carbons (Fsp3) is 0.0250. The first kappa shape index (κ1) is 96.3. The van der Waals surface area contributed by atoms with Crippen molar-refractivity contribution in [3.05, 3.63) is 531 Å². The summed E-state index contributed by atoms with van der Waals surface area (Å²) < 4.78 is 1.16. The molecule has 13 nitrogen and oxygen atoms in total. The predicted molar refractivity (Wildman–Crippen MR) is 578 cm³/mol. The van der Waals surface area contributed by atoms with E-state index in [1.54, 1.807) is 48.5 Å². The van der Waals surface area contributed by atoms with Crippen LogP contribution in [0.5, 0.6) is 0 Å². The summed E-state index contributed by atoms with van der Waals surface area (Å²) in [5, 5.41) is 36.6. The van der Waals surface area contributed by atoms with Crippen LogP contribution < -0.4 is 10.9 Å². The van der Waals surface area contributed by atoms with Gasteiger partial charge in [-0.2, -0.15) is 9.97 Å². The molecule has 3 aliphatic rings. The number of hydrogen-bond donors (Lipinski definition) is 4. The first-order chi connectivity index (χ1) is 68.6. The smallest absolute Gasteiger partial charge is 0.423 e. The number of aromatic nitrogens is 9. The molecule has 18 aromatic carbocycles. The van der Waals surface area contributed by atoms with Crippen molar-refractivity contribution >= 4 is 87.5 Å². The number of nitrogens with zero attached hydrogens (tertiary/aromatic N) is 9. The largest absolute Gasteiger partial charge is 0.488 e. The molecule has 0 amide bonds. The highest BCUT2D eigenvalue weighted by Crippen LogP contribution is 2.42. The molecule has 3 heterocycles. The highest BCUT2D eigenvalue weighted by molar-refractivity contribution is 9.10. The lowest BCUT2D eigenvalue weighted by Crippen LogP contribution is -2.29. The maximum Gasteiger partial charge on any atom is 0.488 e. The molecule has 4 N–H and O–H groups in total. The molecular formula is C120H88B2BrCl4N9O4. The number of rotatable bonds is 12. The molecule has 678 valence electrons. The van der Waals surface area contributed by atoms with Crippen LogP contribution in [0, 0.1) is 0 Å². The summed E-state index contributed by atoms with van der Waals surface area (Å²) in [6, 6.07) is 157. The van der Waals surface area contributed by atoms with Gasteiger partial charge in [0.1, 0.15) is 0 Å². The van der Waals surface area contributed by atoms with Crippen molar-refractivity contribution < 1.29 is 20.1 Å². The molecule has 0 saturated heterocycles. The number of benzene rings is 18. The Morgan fingerprint density at radius 3 is 0.650 bits per heavy atom. The van der Waals surface area contributed by atoms with Gasteiger partial charge in [-0.3, -0.25) is 0 Å². The molecular weight excluding hydrogens is 1870 g/mol. The van der Waals surface area contributed by atoms with Gasteiger partial charge in [0.25, 0.3) is 0 Å². The van der Waals surface area contributed by atoms with Gasteiger partial charge < -0.3 is 20.1 Å². The second kappa shape index (κ2) is 47.6. The standard InChI is InChI=1S/2C21H14ClN3.2C19H14.C15H10ClN3.C13H9Br.C6H6BClO2.C6H7BO2/c2*22-18-13-11-17(12-14-18)21-24-19(15-7-3-1-4-8-15)23-20(25-21)16-9-5-2-6-10-16;2*1-2-6-14(7-3-1)15-10-11-17-12-16-8-4-5-9-18(16)19(17)13-15;16-15-18-13(11-7-3-1-4-8-11)17-14(19-15)12-9-5-2-6-10-12;14-11-6-5-10-7-9-3-1-2-4-12(9)13(10)8-11;8-6-3-1-5(2-4-6)7(9)10;8-7(9)6-4-2-1-3-5-6/h2*1-14H;2*1-11,13H,12H2;1-10H;1-6,8H,7H2;1-4,9-10H;1-5,8-9H. The maximum absolute atomic E-state index is 8.63. The molecule has 20 heteroatoms. The zero-order chi connectivity index (χ0) is 96.3. The van der Waals surface area contributed by atoms with E-state index >= 15 is 0 Å². The van der Waals surface area contributed by atoms with Gasteiger partial charge in [0.05, 0.1) is 0 Å². The van der Waals surface area contributed by atoms with Crippen molar-refractivity contribution in [1.82, 2.24) is 44.9 Å². The fourth-order valence-corrected chi connectivity index (χ4v) is 17.0. The van der Waals surface area contributed by atoms with Crippen LogP contribution in [0.15, 0.2) is 478 Å². The van der Waals surface area contributed by atoms with Crippen molar-refractivity contribution in [3.8, 4) is 147 Å². The first-order valence-corrected chi connectivity index (χ1v) is 47.6. The molecule has 21 aromatic rings. The number of fused-ring (bicyclic) bond motifs is 9. The minimum atomic E-state index is -1.41. The van der Waals surface area contributed by atoms with E-state index in [-0.39, 0.29) is 5.28 Å². The summed E-state index contributed by atoms with van der Waals surface area (Å²) in [6.07, 6.45) is 3.22. The summed E-state index contributed by atoms with van der Waals surface area (Å²) in [4.78, 5) is 40.8. The van der Waals surface area contributed by atoms with Crippen molar-refractivity contribution in [2.75, 3.05) is 0 Å². The molecule has 0 aliphatic heterocycles. The van der Waals surface area contributed by atoms with Crippen molar-refractivity contribution in [3.63, 3.8) is 0 Å². The van der Waals surface area contributed by atoms with Gasteiger partial charge in [-0.25, -0.2) is 34.9 Å². The first-order valence-electron chi connectivity index (χ1n) is 45.3. The lowest BCUT2D eigenvalue weighted by molar-refractivity contribution is 0.424. The zero-order valence-corrected chi connectivity index (χ0v) is 80.1. The molecule has 24 rings (SSSR count). The summed E-state index contributed by atoms with van der Waals surface area (Å²) in [5.74, 6) is 5.03. The van der Waals surface area contributed by atoms with E-state index < -0.39 is 14.2 Å². The molecule has 0 saturated carbocycles. The van der Waals surface area contributed by atoms with Gasteiger partial charge in [-0.15, -0.1) is 0 Å². The van der Waals surface area contributed by atoms with Crippen LogP contribution in [-0.2, 0) is 19.3 Å². The average molecular weight is 1960 g/mol. The van der Waals surface area contributed by atoms with Crippen LogP contribution in [0.2, 0.25) is 20.4 Å². The zero-order valence-electron chi connectivity index (χ0n) is 75.5. The Bertz CT molecular complexity index is 7200. The molecule has 0 radical (unpaired) electrons. The second-order valence-electron chi connectivity index (χ2n) is 32.6. The van der Waals surface area contributed by atoms with Crippen molar-refractivity contribution in [2.45, 2.75) is 19.3 Å². The topological polar surface area (TPSA) is 197 Å². The summed E-state index contributed by atoms with van der Waals surface area (Å²) >= 11 is 27.1. The number of hydrogen-bond acceptors (Lipinski definition) is 13. The van der Waals surface area contributed by atoms with Crippen LogP contribution in [0.1, 0.15) is 33.4 Å². The Hall–Kier alpha value is -15.4. The Labute approximate surface area is 843 Å². The molecule has 0 bridgehead atoms. The van der Waals surface area contributed by atoms with Gasteiger partial charge in [0.15, 0.2) is 46.6 Å². The van der Waals surface area contributed by atoms with Crippen LogP contribution in [-0.4, -0.2) is 79.2 Å². The molecule has 0 spiro atoms. The van der Waals surface area contributed by atoms with E-state index in [4.69, 9.17) is 66.5 Å². The lowest BCUT2D eigenvalue weighted by Gasteiger charge is -2.08. The lowest BCUT2D eigenvalue weighted by atomic mass is 9.81. The van der Waals surface area contributed by atoms with Crippen LogP contribution in [0.3, 0.4) is 0 Å². The summed E-state index contributed by atoms with van der Waals surface area (Å²) in [7, 11) is -2.75. The Kier molecular flexibility index (Phi) is 32.7. The minimum Gasteiger partial charge on any atom is -0.423 e. The van der Waals surface area contributed by atoms with Gasteiger partial charge in [-0.1, -0.05) is 439 Å². The van der Waals surface area contributed by atoms with Gasteiger partial charge in [-0.05, 0) is 216 Å². The van der Waals surface area contributed by atoms with Gasteiger partial charge in [0.2, 0.25) is 5.28 Å². The van der Waals surface area contributed by atoms with Gasteiger partial charge in [0, 0.05) is 64.0 Å². The quantitative estimate of drug-likeness (QED) is 0.0844. The van der Waals surface area contributed by atoms with E-state index in [0.29, 0.717) is 72.6 Å². The van der Waals surface area contributed by atoms with E-state index in [2.05, 4.69) is 249 Å². The van der Waals surface area contributed by atoms with Crippen molar-refractivity contribution in [1.29, 1.82) is 0 Å². The SMILES string of the molecule is Brc1ccc2c(c1)-c1ccccc1C2.Clc1ccc(-c2nc(-c3ccccc3)nc(-c3ccccc3)n2)cc1.Clc1ccc(-c2nc(-c3ccccc3)nc(-c3ccccc3)n2)cc1.Clc1nc(-c2ccccc2)nc(-c2ccccc2)n1.OB(O)c1ccc(Cl)cc1.OB(O)c1ccccc1.c1ccc(-c2ccc3c(c2)-c2ccccc2C3)cc1.c1ccc(-c2ccc3c(c2)-c2ccccc2C3)cc1. The third kappa shape index (κ3) is 25.5. The third-order valence-electron chi connectivity index (χ3n) is 23.1. The van der Waals surface area contributed by atoms with E-state index in [1.165, 1.54) is 89.0 Å². The molecule has 140 heavy (non-hydrogen) atoms. The Morgan fingerprint density at radius 2 is 0.379 bits per heavy atom.